The zero-order chi connectivity index (χ0) is 26.8. The van der Waals surface area contributed by atoms with Gasteiger partial charge in [0.2, 0.25) is 5.82 Å². The molecule has 0 N–H and O–H groups in total. The molecule has 0 aliphatic heterocycles. The van der Waals surface area contributed by atoms with Gasteiger partial charge in [-0.25, -0.2) is 9.78 Å². The lowest BCUT2D eigenvalue weighted by Gasteiger charge is -2.10. The molecule has 5 aromatic rings. The van der Waals surface area contributed by atoms with Crippen LogP contribution in [0.3, 0.4) is 0 Å². The third kappa shape index (κ3) is 5.24. The fourth-order valence-electron chi connectivity index (χ4n) is 3.76. The largest absolute Gasteiger partial charge is 0.479 e. The minimum absolute atomic E-state index is 0.129. The number of ether oxygens (including phenoxy) is 2. The summed E-state index contributed by atoms with van der Waals surface area (Å²) < 4.78 is 17.4. The molecular weight excluding hydrogens is 553 g/mol. The molecule has 192 valence electrons. The molecule has 0 saturated carbocycles. The summed E-state index contributed by atoms with van der Waals surface area (Å²) in [5.41, 5.74) is 1.16. The van der Waals surface area contributed by atoms with Crippen LogP contribution in [0.2, 0.25) is 15.1 Å². The topological polar surface area (TPSA) is 95.9 Å². The van der Waals surface area contributed by atoms with Gasteiger partial charge in [-0.1, -0.05) is 46.9 Å². The zero-order valence-corrected chi connectivity index (χ0v) is 22.0. The van der Waals surface area contributed by atoms with E-state index in [-0.39, 0.29) is 34.8 Å². The number of furan rings is 1. The lowest BCUT2D eigenvalue weighted by Crippen LogP contribution is -2.20. The molecule has 0 spiro atoms. The van der Waals surface area contributed by atoms with Crippen molar-refractivity contribution in [2.75, 3.05) is 13.2 Å². The van der Waals surface area contributed by atoms with Crippen molar-refractivity contribution < 1.29 is 18.7 Å². The second-order valence-electron chi connectivity index (χ2n) is 8.01. The monoisotopic (exact) mass is 569 g/mol. The quantitative estimate of drug-likeness (QED) is 0.162. The van der Waals surface area contributed by atoms with Gasteiger partial charge in [0.15, 0.2) is 18.1 Å². The number of hydrogen-bond donors (Lipinski definition) is 0. The van der Waals surface area contributed by atoms with Gasteiger partial charge in [0.1, 0.15) is 5.58 Å². The normalized spacial score (nSPS) is 11.5. The van der Waals surface area contributed by atoms with E-state index in [1.165, 1.54) is 6.21 Å². The van der Waals surface area contributed by atoms with Crippen LogP contribution in [0.25, 0.3) is 33.5 Å². The van der Waals surface area contributed by atoms with E-state index >= 15 is 0 Å². The SMILES string of the molecule is CCOC(=O)COc1c(Cl)cc(C=Nn2c(-c3cc4cc(Cl)ccc4o3)nc3ccccc3c2=O)cc1Cl. The molecule has 0 aliphatic rings. The number of hydrogen-bond acceptors (Lipinski definition) is 7. The standard InChI is InChI=1S/C27H18Cl3N3O5/c1-2-36-24(34)14-37-25-19(29)9-15(10-20(25)30)13-31-33-26(32-21-6-4-3-5-18(21)27(33)35)23-12-16-11-17(28)7-8-22(16)38-23/h3-13H,2,14H2,1H3. The second kappa shape index (κ2) is 10.9. The lowest BCUT2D eigenvalue weighted by molar-refractivity contribution is -0.145. The number of halogens is 3. The van der Waals surface area contributed by atoms with E-state index in [0.29, 0.717) is 32.8 Å². The van der Waals surface area contributed by atoms with E-state index in [9.17, 15) is 9.59 Å². The van der Waals surface area contributed by atoms with Crippen LogP contribution in [0.5, 0.6) is 5.75 Å². The van der Waals surface area contributed by atoms with E-state index in [1.54, 1.807) is 67.6 Å². The minimum atomic E-state index is -0.547. The number of esters is 1. The summed E-state index contributed by atoms with van der Waals surface area (Å²) in [5, 5.41) is 6.39. The highest BCUT2D eigenvalue weighted by atomic mass is 35.5. The van der Waals surface area contributed by atoms with Gasteiger partial charge in [-0.3, -0.25) is 4.79 Å². The van der Waals surface area contributed by atoms with Crippen molar-refractivity contribution >= 4 is 68.9 Å². The van der Waals surface area contributed by atoms with Gasteiger partial charge >= 0.3 is 5.97 Å². The van der Waals surface area contributed by atoms with Crippen LogP contribution in [0, 0.1) is 0 Å². The van der Waals surface area contributed by atoms with Crippen molar-refractivity contribution in [2.24, 2.45) is 5.10 Å². The van der Waals surface area contributed by atoms with Gasteiger partial charge in [-0.05, 0) is 61.0 Å². The number of carbonyl (C=O) groups excluding carboxylic acids is 1. The summed E-state index contributed by atoms with van der Waals surface area (Å²) in [4.78, 5) is 29.7. The second-order valence-corrected chi connectivity index (χ2v) is 9.27. The molecule has 0 bridgehead atoms. The molecule has 0 saturated heterocycles. The fraction of sp³-hybridized carbons (Fsp3) is 0.111. The molecule has 0 radical (unpaired) electrons. The Balaban J connectivity index is 1.56. The Morgan fingerprint density at radius 2 is 1.84 bits per heavy atom. The Labute approximate surface area is 231 Å². The fourth-order valence-corrected chi connectivity index (χ4v) is 4.56. The predicted molar refractivity (Wildman–Crippen MR) is 148 cm³/mol. The maximum Gasteiger partial charge on any atom is 0.344 e. The first-order valence-corrected chi connectivity index (χ1v) is 12.5. The van der Waals surface area contributed by atoms with Crippen LogP contribution >= 0.6 is 34.8 Å². The van der Waals surface area contributed by atoms with Crippen LogP contribution < -0.4 is 10.3 Å². The van der Waals surface area contributed by atoms with Gasteiger partial charge in [-0.15, -0.1) is 0 Å². The van der Waals surface area contributed by atoms with Gasteiger partial charge in [0.25, 0.3) is 5.56 Å². The molecule has 38 heavy (non-hydrogen) atoms. The molecule has 5 rings (SSSR count). The number of fused-ring (bicyclic) bond motifs is 2. The highest BCUT2D eigenvalue weighted by molar-refractivity contribution is 6.37. The smallest absolute Gasteiger partial charge is 0.344 e. The van der Waals surface area contributed by atoms with E-state index in [1.807, 2.05) is 0 Å². The molecule has 2 aromatic heterocycles. The van der Waals surface area contributed by atoms with Gasteiger partial charge in [-0.2, -0.15) is 9.78 Å². The number of para-hydroxylation sites is 1. The van der Waals surface area contributed by atoms with Gasteiger partial charge in [0.05, 0.1) is 33.8 Å². The van der Waals surface area contributed by atoms with Crippen LogP contribution in [-0.4, -0.2) is 35.1 Å². The zero-order valence-electron chi connectivity index (χ0n) is 19.8. The molecule has 0 fully saturated rings. The summed E-state index contributed by atoms with van der Waals surface area (Å²) in [6.45, 7) is 1.58. The first kappa shape index (κ1) is 25.8. The van der Waals surface area contributed by atoms with Crippen molar-refractivity contribution in [1.29, 1.82) is 0 Å². The van der Waals surface area contributed by atoms with Crippen LogP contribution in [0.15, 0.2) is 75.0 Å². The van der Waals surface area contributed by atoms with Crippen LogP contribution in [0.1, 0.15) is 12.5 Å². The summed E-state index contributed by atoms with van der Waals surface area (Å²) in [6.07, 6.45) is 1.41. The first-order valence-electron chi connectivity index (χ1n) is 11.4. The number of benzene rings is 3. The highest BCUT2D eigenvalue weighted by Crippen LogP contribution is 2.34. The number of rotatable bonds is 7. The van der Waals surface area contributed by atoms with Crippen molar-refractivity contribution in [3.63, 3.8) is 0 Å². The molecule has 0 amide bonds. The summed E-state index contributed by atoms with van der Waals surface area (Å²) in [6, 6.07) is 17.0. The maximum absolute atomic E-state index is 13.4. The average molecular weight is 571 g/mol. The third-order valence-electron chi connectivity index (χ3n) is 5.44. The minimum Gasteiger partial charge on any atom is -0.479 e. The molecule has 11 heteroatoms. The van der Waals surface area contributed by atoms with E-state index in [0.717, 1.165) is 10.1 Å². The Morgan fingerprint density at radius 3 is 2.61 bits per heavy atom. The Bertz CT molecular complexity index is 1750. The van der Waals surface area contributed by atoms with Crippen molar-refractivity contribution in [3.8, 4) is 17.3 Å². The van der Waals surface area contributed by atoms with E-state index < -0.39 is 11.5 Å². The van der Waals surface area contributed by atoms with Gasteiger partial charge < -0.3 is 13.9 Å². The summed E-state index contributed by atoms with van der Waals surface area (Å²) >= 11 is 18.8. The molecule has 2 heterocycles. The van der Waals surface area contributed by atoms with Gasteiger partial charge in [0, 0.05) is 10.4 Å². The summed E-state index contributed by atoms with van der Waals surface area (Å²) in [5.74, 6) is 0.114. The molecule has 0 atom stereocenters. The Morgan fingerprint density at radius 1 is 1.08 bits per heavy atom. The average Bonchev–Trinajstić information content (AvgIpc) is 3.31. The summed E-state index contributed by atoms with van der Waals surface area (Å²) in [7, 11) is 0. The number of carbonyl (C=O) groups is 1. The molecule has 8 nitrogen and oxygen atoms in total. The van der Waals surface area contributed by atoms with Crippen LogP contribution in [-0.2, 0) is 9.53 Å². The molecular formula is C27H18Cl3N3O5. The molecule has 0 aliphatic carbocycles. The Hall–Kier alpha value is -3.85. The van der Waals surface area contributed by atoms with Crippen molar-refractivity contribution in [3.05, 3.63) is 91.6 Å². The maximum atomic E-state index is 13.4. The Kier molecular flexibility index (Phi) is 7.37. The number of aromatic nitrogens is 2. The van der Waals surface area contributed by atoms with Crippen LogP contribution in [0.4, 0.5) is 0 Å². The van der Waals surface area contributed by atoms with E-state index in [2.05, 4.69) is 10.1 Å². The third-order valence-corrected chi connectivity index (χ3v) is 6.23. The lowest BCUT2D eigenvalue weighted by atomic mass is 10.2. The molecule has 0 unspecified atom stereocenters. The number of nitrogens with zero attached hydrogens (tertiary/aromatic N) is 3. The van der Waals surface area contributed by atoms with Crippen molar-refractivity contribution in [1.82, 2.24) is 9.66 Å². The first-order chi connectivity index (χ1) is 18.3. The molecule has 3 aromatic carbocycles. The predicted octanol–water partition coefficient (Wildman–Crippen LogP) is 6.59. The highest BCUT2D eigenvalue weighted by Gasteiger charge is 2.17. The van der Waals surface area contributed by atoms with E-state index in [4.69, 9.17) is 48.7 Å². The van der Waals surface area contributed by atoms with Crippen molar-refractivity contribution in [2.45, 2.75) is 6.92 Å².